The minimum atomic E-state index is -0.396. The van der Waals surface area contributed by atoms with Crippen molar-refractivity contribution in [2.24, 2.45) is 0 Å². The molecule has 98 valence electrons. The molecule has 1 aliphatic heterocycles. The molecule has 19 heavy (non-hydrogen) atoms. The predicted molar refractivity (Wildman–Crippen MR) is 73.1 cm³/mol. The van der Waals surface area contributed by atoms with Gasteiger partial charge in [0.15, 0.2) is 5.82 Å². The van der Waals surface area contributed by atoms with Crippen LogP contribution in [0.5, 0.6) is 0 Å². The van der Waals surface area contributed by atoms with Gasteiger partial charge in [0.25, 0.3) is 0 Å². The van der Waals surface area contributed by atoms with E-state index in [0.717, 1.165) is 13.1 Å². The first kappa shape index (κ1) is 13.8. The summed E-state index contributed by atoms with van der Waals surface area (Å²) in [7, 11) is 0. The average molecular weight is 323 g/mol. The van der Waals surface area contributed by atoms with Crippen molar-refractivity contribution in [3.05, 3.63) is 28.0 Å². The molecule has 0 aromatic heterocycles. The molecule has 0 saturated carbocycles. The fraction of sp³-hybridized carbons (Fsp3) is 0.385. The van der Waals surface area contributed by atoms with Gasteiger partial charge >= 0.3 is 0 Å². The Kier molecular flexibility index (Phi) is 4.36. The van der Waals surface area contributed by atoms with E-state index in [9.17, 15) is 4.39 Å². The second-order valence-electron chi connectivity index (χ2n) is 4.29. The highest BCUT2D eigenvalue weighted by Crippen LogP contribution is 2.29. The minimum Gasteiger partial charge on any atom is -0.367 e. The van der Waals surface area contributed by atoms with E-state index in [1.165, 1.54) is 0 Å². The molecular formula is C13H12BrFN4. The molecule has 0 bridgehead atoms. The molecule has 1 aromatic rings. The lowest BCUT2D eigenvalue weighted by Crippen LogP contribution is -2.46. The zero-order chi connectivity index (χ0) is 13.8. The number of anilines is 1. The van der Waals surface area contributed by atoms with Gasteiger partial charge in [-0.05, 0) is 28.1 Å². The molecule has 0 aliphatic carbocycles. The highest BCUT2D eigenvalue weighted by Gasteiger charge is 2.21. The second-order valence-corrected chi connectivity index (χ2v) is 5.09. The van der Waals surface area contributed by atoms with Crippen molar-refractivity contribution in [3.8, 4) is 12.1 Å². The predicted octanol–water partition coefficient (Wildman–Crippen LogP) is 2.11. The van der Waals surface area contributed by atoms with E-state index in [4.69, 9.17) is 10.5 Å². The third-order valence-corrected chi connectivity index (χ3v) is 3.96. The third kappa shape index (κ3) is 2.86. The lowest BCUT2D eigenvalue weighted by atomic mass is 10.2. The molecule has 0 atom stereocenters. The SMILES string of the molecule is N#CCN1CCN(c2ccc(C#N)c(Br)c2F)CC1. The van der Waals surface area contributed by atoms with Crippen LogP contribution in [0.2, 0.25) is 0 Å². The zero-order valence-electron chi connectivity index (χ0n) is 10.2. The Morgan fingerprint density at radius 1 is 1.21 bits per heavy atom. The van der Waals surface area contributed by atoms with E-state index in [-0.39, 0.29) is 4.47 Å². The van der Waals surface area contributed by atoms with Gasteiger partial charge in [-0.25, -0.2) is 4.39 Å². The summed E-state index contributed by atoms with van der Waals surface area (Å²) in [4.78, 5) is 3.97. The van der Waals surface area contributed by atoms with Gasteiger partial charge in [-0.1, -0.05) is 0 Å². The molecule has 0 amide bonds. The smallest absolute Gasteiger partial charge is 0.161 e. The summed E-state index contributed by atoms with van der Waals surface area (Å²) in [6.07, 6.45) is 0. The van der Waals surface area contributed by atoms with Crippen LogP contribution in [0, 0.1) is 28.5 Å². The van der Waals surface area contributed by atoms with Crippen molar-refractivity contribution in [1.82, 2.24) is 4.90 Å². The summed E-state index contributed by atoms with van der Waals surface area (Å²) in [6.45, 7) is 3.25. The summed E-state index contributed by atoms with van der Waals surface area (Å²) in [5.41, 5.74) is 0.798. The molecule has 0 radical (unpaired) electrons. The van der Waals surface area contributed by atoms with Crippen LogP contribution in [0.25, 0.3) is 0 Å². The Balaban J connectivity index is 2.15. The van der Waals surface area contributed by atoms with Crippen LogP contribution < -0.4 is 4.90 Å². The number of piperazine rings is 1. The number of hydrogen-bond donors (Lipinski definition) is 0. The van der Waals surface area contributed by atoms with Crippen molar-refractivity contribution in [1.29, 1.82) is 10.5 Å². The molecule has 2 rings (SSSR count). The number of hydrogen-bond acceptors (Lipinski definition) is 4. The normalized spacial score (nSPS) is 15.9. The quantitative estimate of drug-likeness (QED) is 0.782. The Hall–Kier alpha value is -1.63. The van der Waals surface area contributed by atoms with Crippen molar-refractivity contribution in [3.63, 3.8) is 0 Å². The van der Waals surface area contributed by atoms with Crippen molar-refractivity contribution >= 4 is 21.6 Å². The van der Waals surface area contributed by atoms with E-state index >= 15 is 0 Å². The summed E-state index contributed by atoms with van der Waals surface area (Å²) in [6, 6.07) is 7.31. The molecule has 1 aliphatic rings. The average Bonchev–Trinajstić information content (AvgIpc) is 2.43. The van der Waals surface area contributed by atoms with E-state index < -0.39 is 5.82 Å². The van der Waals surface area contributed by atoms with Gasteiger partial charge in [0.05, 0.1) is 28.3 Å². The number of halogens is 2. The zero-order valence-corrected chi connectivity index (χ0v) is 11.8. The van der Waals surface area contributed by atoms with Gasteiger partial charge < -0.3 is 4.90 Å². The van der Waals surface area contributed by atoms with Gasteiger partial charge in [0.2, 0.25) is 0 Å². The van der Waals surface area contributed by atoms with Crippen LogP contribution >= 0.6 is 15.9 Å². The fourth-order valence-electron chi connectivity index (χ4n) is 2.12. The number of rotatable bonds is 2. The molecular weight excluding hydrogens is 311 g/mol. The Morgan fingerprint density at radius 2 is 1.89 bits per heavy atom. The largest absolute Gasteiger partial charge is 0.367 e. The minimum absolute atomic E-state index is 0.215. The lowest BCUT2D eigenvalue weighted by Gasteiger charge is -2.35. The molecule has 1 saturated heterocycles. The van der Waals surface area contributed by atoms with Gasteiger partial charge in [-0.15, -0.1) is 0 Å². The molecule has 1 aromatic carbocycles. The maximum atomic E-state index is 14.2. The van der Waals surface area contributed by atoms with Crippen LogP contribution in [0.15, 0.2) is 16.6 Å². The maximum Gasteiger partial charge on any atom is 0.161 e. The highest BCUT2D eigenvalue weighted by molar-refractivity contribution is 9.10. The summed E-state index contributed by atoms with van der Waals surface area (Å²) in [5, 5.41) is 17.5. The molecule has 0 unspecified atom stereocenters. The second kappa shape index (κ2) is 6.01. The van der Waals surface area contributed by atoms with Crippen LogP contribution in [0.1, 0.15) is 5.56 Å². The number of nitrogens with zero attached hydrogens (tertiary/aromatic N) is 4. The van der Waals surface area contributed by atoms with E-state index in [2.05, 4.69) is 22.0 Å². The van der Waals surface area contributed by atoms with Crippen molar-refractivity contribution in [2.75, 3.05) is 37.6 Å². The third-order valence-electron chi connectivity index (χ3n) is 3.19. The van der Waals surface area contributed by atoms with Crippen LogP contribution in [0.3, 0.4) is 0 Å². The molecule has 0 spiro atoms. The standard InChI is InChI=1S/C13H12BrFN4/c14-12-10(9-17)1-2-11(13(12)15)19-7-5-18(4-3-16)6-8-19/h1-2H,4-8H2. The Labute approximate surface area is 119 Å². The fourth-order valence-corrected chi connectivity index (χ4v) is 2.54. The van der Waals surface area contributed by atoms with Gasteiger partial charge in [-0.2, -0.15) is 10.5 Å². The molecule has 1 fully saturated rings. The lowest BCUT2D eigenvalue weighted by molar-refractivity contribution is 0.286. The van der Waals surface area contributed by atoms with Crippen molar-refractivity contribution < 1.29 is 4.39 Å². The molecule has 4 nitrogen and oxygen atoms in total. The number of nitriles is 2. The van der Waals surface area contributed by atoms with Crippen LogP contribution in [-0.2, 0) is 0 Å². The van der Waals surface area contributed by atoms with Gasteiger partial charge in [0.1, 0.15) is 6.07 Å². The topological polar surface area (TPSA) is 54.1 Å². The van der Waals surface area contributed by atoms with E-state index in [1.807, 2.05) is 15.9 Å². The van der Waals surface area contributed by atoms with Crippen LogP contribution in [0.4, 0.5) is 10.1 Å². The number of benzene rings is 1. The Morgan fingerprint density at radius 3 is 2.47 bits per heavy atom. The van der Waals surface area contributed by atoms with Crippen LogP contribution in [-0.4, -0.2) is 37.6 Å². The van der Waals surface area contributed by atoms with E-state index in [1.54, 1.807) is 12.1 Å². The highest BCUT2D eigenvalue weighted by atomic mass is 79.9. The molecule has 0 N–H and O–H groups in total. The first-order valence-electron chi connectivity index (χ1n) is 5.89. The van der Waals surface area contributed by atoms with Crippen molar-refractivity contribution in [2.45, 2.75) is 0 Å². The first-order valence-corrected chi connectivity index (χ1v) is 6.69. The molecule has 6 heteroatoms. The summed E-state index contributed by atoms with van der Waals surface area (Å²) in [5.74, 6) is -0.396. The van der Waals surface area contributed by atoms with Gasteiger partial charge in [-0.3, -0.25) is 4.90 Å². The monoisotopic (exact) mass is 322 g/mol. The van der Waals surface area contributed by atoms with E-state index in [0.29, 0.717) is 30.9 Å². The molecule has 1 heterocycles. The maximum absolute atomic E-state index is 14.2. The van der Waals surface area contributed by atoms with Gasteiger partial charge in [0, 0.05) is 26.2 Å². The summed E-state index contributed by atoms with van der Waals surface area (Å²) < 4.78 is 14.4. The first-order chi connectivity index (χ1) is 9.17. The summed E-state index contributed by atoms with van der Waals surface area (Å²) >= 11 is 3.12. The Bertz CT molecular complexity index is 553.